The molecule has 0 radical (unpaired) electrons. The molecule has 65 heavy (non-hydrogen) atoms. The van der Waals surface area contributed by atoms with Crippen LogP contribution in [0.5, 0.6) is 0 Å². The highest BCUT2D eigenvalue weighted by molar-refractivity contribution is 7.97. The van der Waals surface area contributed by atoms with E-state index in [0.29, 0.717) is 9.75 Å². The molecule has 0 atom stereocenters. The van der Waals surface area contributed by atoms with Crippen LogP contribution in [0, 0.1) is 0 Å². The van der Waals surface area contributed by atoms with Gasteiger partial charge in [0, 0.05) is 36.1 Å². The Hall–Kier alpha value is -5.00. The number of hydrogen-bond donors (Lipinski definition) is 0. The van der Waals surface area contributed by atoms with Crippen molar-refractivity contribution in [3.05, 3.63) is 151 Å². The number of rotatable bonds is 18. The van der Waals surface area contributed by atoms with Crippen LogP contribution in [0.3, 0.4) is 0 Å². The number of thiophene rings is 2. The second-order valence-corrected chi connectivity index (χ2v) is 23.7. The summed E-state index contributed by atoms with van der Waals surface area (Å²) >= 11 is 2.99. The molecule has 6 aromatic rings. The van der Waals surface area contributed by atoms with Gasteiger partial charge in [-0.25, -0.2) is 16.8 Å². The molecule has 3 aliphatic rings. The van der Waals surface area contributed by atoms with Gasteiger partial charge >= 0.3 is 0 Å². The fraction of sp³-hybridized carbons (Fsp3) is 0.309. The van der Waals surface area contributed by atoms with E-state index in [1.165, 1.54) is 133 Å². The Labute approximate surface area is 392 Å². The quantitative estimate of drug-likeness (QED) is 0.0628. The lowest BCUT2D eigenvalue weighted by Crippen LogP contribution is -2.25. The lowest BCUT2D eigenvalue weighted by atomic mass is 9.70. The van der Waals surface area contributed by atoms with Gasteiger partial charge in [-0.15, -0.1) is 22.7 Å². The van der Waals surface area contributed by atoms with Crippen LogP contribution in [-0.4, -0.2) is 28.4 Å². The van der Waals surface area contributed by atoms with Gasteiger partial charge in [0.2, 0.25) is 31.2 Å². The van der Waals surface area contributed by atoms with Gasteiger partial charge in [-0.3, -0.25) is 9.59 Å². The molecule has 0 spiro atoms. The van der Waals surface area contributed by atoms with Crippen molar-refractivity contribution < 1.29 is 26.4 Å². The zero-order valence-electron chi connectivity index (χ0n) is 37.0. The minimum atomic E-state index is -3.90. The average Bonchev–Trinajstić information content (AvgIpc) is 4.12. The van der Waals surface area contributed by atoms with Crippen LogP contribution in [-0.2, 0) is 25.1 Å². The number of carbonyl (C=O) groups excluding carboxylic acids is 2. The number of benzene rings is 4. The van der Waals surface area contributed by atoms with Crippen molar-refractivity contribution in [2.45, 2.75) is 119 Å². The highest BCUT2D eigenvalue weighted by atomic mass is 32.2. The van der Waals surface area contributed by atoms with Crippen molar-refractivity contribution >= 4 is 66.1 Å². The maximum atomic E-state index is 13.4. The predicted molar refractivity (Wildman–Crippen MR) is 267 cm³/mol. The van der Waals surface area contributed by atoms with E-state index in [2.05, 4.69) is 50.2 Å². The summed E-state index contributed by atoms with van der Waals surface area (Å²) in [6.45, 7) is 4.50. The van der Waals surface area contributed by atoms with Crippen LogP contribution in [0.4, 0.5) is 0 Å². The van der Waals surface area contributed by atoms with Crippen molar-refractivity contribution in [3.8, 4) is 32.0 Å². The molecule has 0 saturated heterocycles. The maximum absolute atomic E-state index is 13.4. The van der Waals surface area contributed by atoms with E-state index < -0.39 is 31.2 Å². The molecule has 9 rings (SSSR count). The van der Waals surface area contributed by atoms with Crippen LogP contribution in [0.2, 0.25) is 0 Å². The van der Waals surface area contributed by atoms with Crippen LogP contribution >= 0.6 is 22.7 Å². The normalized spacial score (nSPS) is 17.4. The highest BCUT2D eigenvalue weighted by Crippen LogP contribution is 2.56. The smallest absolute Gasteiger partial charge is 0.211 e. The standard InChI is InChI=1S/C55H54O6S4/c1-3-5-7-9-11-17-31-55(32-18-12-10-8-6-4-2)45-33-37(47-29-25-39(62-47)35-51-53(56)43-19-13-15-21-49(43)64(51,58)59)23-27-41(45)42-28-24-38(34-46(42)55)48-30-26-40(63-48)36-52-54(57)44-20-14-16-22-50(44)65(52,60)61/h13-16,19-30,33-36H,3-12,17-18,31-32H2,1-2H3. The van der Waals surface area contributed by atoms with E-state index in [-0.39, 0.29) is 36.1 Å². The Morgan fingerprint density at radius 1 is 0.462 bits per heavy atom. The summed E-state index contributed by atoms with van der Waals surface area (Å²) in [7, 11) is -7.81. The van der Waals surface area contributed by atoms with E-state index in [4.69, 9.17) is 0 Å². The first-order valence-corrected chi connectivity index (χ1v) is 27.8. The van der Waals surface area contributed by atoms with E-state index >= 15 is 0 Å². The minimum absolute atomic E-state index is 0.0700. The van der Waals surface area contributed by atoms with Gasteiger partial charge in [0.05, 0.1) is 9.79 Å². The van der Waals surface area contributed by atoms with Crippen molar-refractivity contribution in [1.82, 2.24) is 0 Å². The molecule has 10 heteroatoms. The molecule has 0 saturated carbocycles. The van der Waals surface area contributed by atoms with Gasteiger partial charge in [0.15, 0.2) is 0 Å². The van der Waals surface area contributed by atoms with Gasteiger partial charge in [0.1, 0.15) is 9.81 Å². The van der Waals surface area contributed by atoms with E-state index in [0.717, 1.165) is 46.6 Å². The molecule has 334 valence electrons. The van der Waals surface area contributed by atoms with Crippen LogP contribution in [0.1, 0.15) is 145 Å². The summed E-state index contributed by atoms with van der Waals surface area (Å²) in [5.74, 6) is -0.920. The monoisotopic (exact) mass is 938 g/mol. The third-order valence-corrected chi connectivity index (χ3v) is 19.3. The van der Waals surface area contributed by atoms with Crippen molar-refractivity contribution in [3.63, 3.8) is 0 Å². The first kappa shape index (κ1) is 45.2. The first-order chi connectivity index (χ1) is 31.5. The number of ketones is 2. The summed E-state index contributed by atoms with van der Waals surface area (Å²) < 4.78 is 53.8. The maximum Gasteiger partial charge on any atom is 0.211 e. The summed E-state index contributed by atoms with van der Waals surface area (Å²) in [5.41, 5.74) is 7.51. The Bertz CT molecular complexity index is 2900. The van der Waals surface area contributed by atoms with Gasteiger partial charge in [0.25, 0.3) is 0 Å². The molecule has 2 aromatic heterocycles. The minimum Gasteiger partial charge on any atom is -0.288 e. The molecule has 6 nitrogen and oxygen atoms in total. The van der Waals surface area contributed by atoms with E-state index in [1.54, 1.807) is 36.4 Å². The molecule has 0 fully saturated rings. The number of Topliss-reactive ketones (excluding diaryl/α,β-unsaturated/α-hetero) is 2. The van der Waals surface area contributed by atoms with Crippen molar-refractivity contribution in [2.75, 3.05) is 0 Å². The zero-order chi connectivity index (χ0) is 45.3. The Kier molecular flexibility index (Phi) is 13.0. The Balaban J connectivity index is 1.09. The third kappa shape index (κ3) is 8.41. The second-order valence-electron chi connectivity index (χ2n) is 17.7. The lowest BCUT2D eigenvalue weighted by Gasteiger charge is -2.33. The molecule has 0 amide bonds. The number of hydrogen-bond acceptors (Lipinski definition) is 8. The molecule has 0 unspecified atom stereocenters. The van der Waals surface area contributed by atoms with Gasteiger partial charge in [-0.1, -0.05) is 139 Å². The summed E-state index contributed by atoms with van der Waals surface area (Å²) in [4.78, 5) is 29.8. The van der Waals surface area contributed by atoms with Gasteiger partial charge < -0.3 is 0 Å². The number of sulfone groups is 2. The molecular weight excluding hydrogens is 885 g/mol. The third-order valence-electron chi connectivity index (χ3n) is 13.5. The largest absolute Gasteiger partial charge is 0.288 e. The fourth-order valence-corrected chi connectivity index (χ4v) is 15.3. The predicted octanol–water partition coefficient (Wildman–Crippen LogP) is 14.9. The SMILES string of the molecule is CCCCCCCCC1(CCCCCCCC)c2cc(-c3ccc(C=C4C(=O)c5ccccc5S4(=O)=O)s3)ccc2-c2ccc(-c3ccc(C=C4C(=O)c5ccccc5S4(=O)=O)s3)cc21. The first-order valence-electron chi connectivity index (χ1n) is 23.2. The fourth-order valence-electron chi connectivity index (χ4n) is 10.1. The van der Waals surface area contributed by atoms with Crippen molar-refractivity contribution in [2.24, 2.45) is 0 Å². The lowest BCUT2D eigenvalue weighted by molar-refractivity contribution is 0.103. The van der Waals surface area contributed by atoms with Gasteiger partial charge in [-0.05, 0) is 119 Å². The molecule has 0 bridgehead atoms. The van der Waals surface area contributed by atoms with E-state index in [1.807, 2.05) is 24.3 Å². The molecule has 0 N–H and O–H groups in total. The number of carbonyl (C=O) groups is 2. The Morgan fingerprint density at radius 3 is 1.28 bits per heavy atom. The Morgan fingerprint density at radius 2 is 0.862 bits per heavy atom. The zero-order valence-corrected chi connectivity index (χ0v) is 40.3. The van der Waals surface area contributed by atoms with E-state index in [9.17, 15) is 26.4 Å². The summed E-state index contributed by atoms with van der Waals surface area (Å²) in [6, 6.07) is 34.4. The molecular formula is C55H54O6S4. The second kappa shape index (κ2) is 18.7. The average molecular weight is 939 g/mol. The van der Waals surface area contributed by atoms with Crippen LogP contribution in [0.15, 0.2) is 129 Å². The number of allylic oxidation sites excluding steroid dienone is 2. The van der Waals surface area contributed by atoms with Crippen LogP contribution < -0.4 is 0 Å². The molecule has 4 heterocycles. The molecule has 4 aromatic carbocycles. The van der Waals surface area contributed by atoms with Gasteiger partial charge in [-0.2, -0.15) is 0 Å². The topological polar surface area (TPSA) is 102 Å². The molecule has 2 aliphatic heterocycles. The summed E-state index contributed by atoms with van der Waals surface area (Å²) in [5, 5.41) is 0. The number of unbranched alkanes of at least 4 members (excludes halogenated alkanes) is 10. The summed E-state index contributed by atoms with van der Waals surface area (Å²) in [6.07, 6.45) is 19.5. The molecule has 1 aliphatic carbocycles. The number of fused-ring (bicyclic) bond motifs is 5. The van der Waals surface area contributed by atoms with Crippen LogP contribution in [0.25, 0.3) is 44.2 Å². The van der Waals surface area contributed by atoms with Crippen molar-refractivity contribution in [1.29, 1.82) is 0 Å². The highest BCUT2D eigenvalue weighted by Gasteiger charge is 2.43.